The van der Waals surface area contributed by atoms with E-state index in [4.69, 9.17) is 4.84 Å². The number of halogens is 3. The smallest absolute Gasteiger partial charge is 0.352 e. The number of nitrogens with zero attached hydrogens (tertiary/aromatic N) is 2. The summed E-state index contributed by atoms with van der Waals surface area (Å²) in [5, 5.41) is 6.96. The maximum atomic E-state index is 13.3. The molecular formula is C16H27F3N4O3S. The molecule has 3 aliphatic rings. The molecule has 2 fully saturated rings. The molecule has 0 saturated heterocycles. The van der Waals surface area contributed by atoms with Gasteiger partial charge in [-0.2, -0.15) is 13.2 Å². The van der Waals surface area contributed by atoms with Crippen LogP contribution in [0.25, 0.3) is 0 Å². The van der Waals surface area contributed by atoms with Gasteiger partial charge in [-0.1, -0.05) is 5.16 Å². The third-order valence-corrected chi connectivity index (χ3v) is 7.21. The van der Waals surface area contributed by atoms with Crippen LogP contribution >= 0.6 is 0 Å². The highest BCUT2D eigenvalue weighted by atomic mass is 32.2. The average Bonchev–Trinajstić information content (AvgIpc) is 3.35. The Morgan fingerprint density at radius 3 is 2.41 bits per heavy atom. The first-order valence-electron chi connectivity index (χ1n) is 9.35. The Labute approximate surface area is 157 Å². The summed E-state index contributed by atoms with van der Waals surface area (Å²) in [5.41, 5.74) is -1.85. The first-order valence-corrected chi connectivity index (χ1v) is 11.0. The van der Waals surface area contributed by atoms with Gasteiger partial charge < -0.3 is 9.74 Å². The van der Waals surface area contributed by atoms with E-state index < -0.39 is 28.0 Å². The third kappa shape index (κ3) is 4.34. The van der Waals surface area contributed by atoms with Gasteiger partial charge in [-0.3, -0.25) is 5.32 Å². The molecule has 0 amide bonds. The summed E-state index contributed by atoms with van der Waals surface area (Å²) in [4.78, 5) is 6.69. The maximum Gasteiger partial charge on any atom is 0.401 e. The van der Waals surface area contributed by atoms with Gasteiger partial charge in [-0.15, -0.1) is 0 Å². The molecule has 1 aliphatic heterocycles. The van der Waals surface area contributed by atoms with Crippen molar-refractivity contribution in [2.45, 2.75) is 64.0 Å². The summed E-state index contributed by atoms with van der Waals surface area (Å²) in [6.45, 7) is 2.03. The van der Waals surface area contributed by atoms with Crippen molar-refractivity contribution in [1.29, 1.82) is 0 Å². The van der Waals surface area contributed by atoms with Gasteiger partial charge in [0.2, 0.25) is 10.0 Å². The SMILES string of the molecule is CCS(=O)(=O)NC[C@H]1CC[C@H](NC2ON=C(C3(C(F)(F)F)CC3)N2C)CC1. The molecule has 11 heteroatoms. The quantitative estimate of drug-likeness (QED) is 0.668. The molecule has 0 radical (unpaired) electrons. The van der Waals surface area contributed by atoms with E-state index in [0.29, 0.717) is 6.54 Å². The first kappa shape index (κ1) is 20.7. The van der Waals surface area contributed by atoms with Gasteiger partial charge in [-0.25, -0.2) is 13.1 Å². The van der Waals surface area contributed by atoms with Crippen molar-refractivity contribution < 1.29 is 26.4 Å². The molecule has 0 aromatic rings. The molecule has 1 atom stereocenters. The summed E-state index contributed by atoms with van der Waals surface area (Å²) < 4.78 is 65.6. The summed E-state index contributed by atoms with van der Waals surface area (Å²) in [5.74, 6) is 0.297. The summed E-state index contributed by atoms with van der Waals surface area (Å²) in [7, 11) is -1.61. The van der Waals surface area contributed by atoms with Crippen LogP contribution in [0.5, 0.6) is 0 Å². The minimum Gasteiger partial charge on any atom is -0.352 e. The lowest BCUT2D eigenvalue weighted by atomic mass is 9.86. The molecule has 2 N–H and O–H groups in total. The normalized spacial score (nSPS) is 30.8. The van der Waals surface area contributed by atoms with E-state index >= 15 is 0 Å². The summed E-state index contributed by atoms with van der Waals surface area (Å²) in [6, 6.07) is 0.104. The fourth-order valence-electron chi connectivity index (χ4n) is 3.75. The Morgan fingerprint density at radius 1 is 1.26 bits per heavy atom. The maximum absolute atomic E-state index is 13.3. The first-order chi connectivity index (χ1) is 12.6. The lowest BCUT2D eigenvalue weighted by molar-refractivity contribution is -0.167. The second-order valence-corrected chi connectivity index (χ2v) is 9.80. The molecule has 2 aliphatic carbocycles. The van der Waals surface area contributed by atoms with Gasteiger partial charge >= 0.3 is 6.18 Å². The molecule has 0 aromatic carbocycles. The van der Waals surface area contributed by atoms with E-state index in [1.54, 1.807) is 14.0 Å². The van der Waals surface area contributed by atoms with Gasteiger partial charge in [0.1, 0.15) is 5.41 Å². The summed E-state index contributed by atoms with van der Waals surface area (Å²) >= 11 is 0. The second kappa shape index (κ2) is 7.40. The van der Waals surface area contributed by atoms with Crippen molar-refractivity contribution in [1.82, 2.24) is 14.9 Å². The molecule has 3 rings (SSSR count). The molecule has 1 heterocycles. The number of hydrogen-bond acceptors (Lipinski definition) is 6. The molecule has 0 bridgehead atoms. The number of sulfonamides is 1. The molecule has 156 valence electrons. The van der Waals surface area contributed by atoms with E-state index in [9.17, 15) is 21.6 Å². The molecule has 0 spiro atoms. The van der Waals surface area contributed by atoms with Crippen molar-refractivity contribution in [2.75, 3.05) is 19.3 Å². The van der Waals surface area contributed by atoms with Crippen LogP contribution in [0, 0.1) is 11.3 Å². The van der Waals surface area contributed by atoms with E-state index in [2.05, 4.69) is 15.2 Å². The van der Waals surface area contributed by atoms with Crippen LogP contribution in [0.3, 0.4) is 0 Å². The Balaban J connectivity index is 1.46. The van der Waals surface area contributed by atoms with Crippen LogP contribution in [0.2, 0.25) is 0 Å². The fourth-order valence-corrected chi connectivity index (χ4v) is 4.45. The molecule has 7 nitrogen and oxygen atoms in total. The number of oxime groups is 1. The number of nitrogens with one attached hydrogen (secondary N) is 2. The predicted octanol–water partition coefficient (Wildman–Crippen LogP) is 1.98. The van der Waals surface area contributed by atoms with E-state index in [1.165, 1.54) is 4.90 Å². The van der Waals surface area contributed by atoms with Gasteiger partial charge in [0.05, 0.1) is 5.75 Å². The van der Waals surface area contributed by atoms with Crippen molar-refractivity contribution in [3.8, 4) is 0 Å². The van der Waals surface area contributed by atoms with Crippen LogP contribution in [-0.2, 0) is 14.9 Å². The van der Waals surface area contributed by atoms with Crippen LogP contribution < -0.4 is 10.0 Å². The van der Waals surface area contributed by atoms with E-state index in [1.807, 2.05) is 0 Å². The minimum absolute atomic E-state index is 0.0461. The predicted molar refractivity (Wildman–Crippen MR) is 94.1 cm³/mol. The third-order valence-electron chi connectivity index (χ3n) is 5.84. The highest BCUT2D eigenvalue weighted by Gasteiger charge is 2.69. The van der Waals surface area contributed by atoms with Crippen molar-refractivity contribution in [3.05, 3.63) is 0 Å². The van der Waals surface area contributed by atoms with Crippen LogP contribution in [0.4, 0.5) is 13.2 Å². The molecule has 2 saturated carbocycles. The van der Waals surface area contributed by atoms with Crippen molar-refractivity contribution in [3.63, 3.8) is 0 Å². The second-order valence-electron chi connectivity index (χ2n) is 7.70. The monoisotopic (exact) mass is 412 g/mol. The average molecular weight is 412 g/mol. The lowest BCUT2D eigenvalue weighted by Crippen LogP contribution is -2.52. The van der Waals surface area contributed by atoms with Crippen LogP contribution in [0.15, 0.2) is 5.16 Å². The topological polar surface area (TPSA) is 83.0 Å². The number of alkyl halides is 3. The zero-order valence-electron chi connectivity index (χ0n) is 15.6. The minimum atomic E-state index is -4.32. The van der Waals surface area contributed by atoms with Gasteiger partial charge in [0, 0.05) is 19.6 Å². The zero-order chi connectivity index (χ0) is 19.9. The Morgan fingerprint density at radius 2 is 1.89 bits per heavy atom. The Kier molecular flexibility index (Phi) is 5.66. The Bertz CT molecular complexity index is 671. The van der Waals surface area contributed by atoms with Gasteiger partial charge in [0.25, 0.3) is 6.35 Å². The van der Waals surface area contributed by atoms with Gasteiger partial charge in [0.15, 0.2) is 5.84 Å². The van der Waals surface area contributed by atoms with Crippen molar-refractivity contribution >= 4 is 15.9 Å². The molecule has 1 unspecified atom stereocenters. The Hall–Kier alpha value is -1.07. The lowest BCUT2D eigenvalue weighted by Gasteiger charge is -2.33. The fraction of sp³-hybridized carbons (Fsp3) is 0.938. The van der Waals surface area contributed by atoms with Gasteiger partial charge in [-0.05, 0) is 51.4 Å². The van der Waals surface area contributed by atoms with E-state index in [0.717, 1.165) is 25.7 Å². The zero-order valence-corrected chi connectivity index (χ0v) is 16.4. The highest BCUT2D eigenvalue weighted by molar-refractivity contribution is 7.89. The number of amidine groups is 1. The number of hydrogen-bond donors (Lipinski definition) is 2. The van der Waals surface area contributed by atoms with E-state index in [-0.39, 0.29) is 36.4 Å². The molecule has 27 heavy (non-hydrogen) atoms. The standard InChI is InChI=1S/C16H27F3N4O3S/c1-3-27(24,25)20-10-11-4-6-12(7-5-11)21-14-23(2)13(22-26-14)15(8-9-15)16(17,18)19/h11-12,14,20-21H,3-10H2,1-2H3/t11-,12-,14?. The molecular weight excluding hydrogens is 385 g/mol. The van der Waals surface area contributed by atoms with Crippen LogP contribution in [0.1, 0.15) is 45.4 Å². The number of rotatable bonds is 7. The van der Waals surface area contributed by atoms with Crippen LogP contribution in [-0.4, -0.2) is 57.1 Å². The largest absolute Gasteiger partial charge is 0.401 e. The molecule has 0 aromatic heterocycles. The summed E-state index contributed by atoms with van der Waals surface area (Å²) in [6.07, 6.45) is -1.59. The van der Waals surface area contributed by atoms with Crippen molar-refractivity contribution in [2.24, 2.45) is 16.5 Å². The highest BCUT2D eigenvalue weighted by Crippen LogP contribution is 2.59.